The highest BCUT2D eigenvalue weighted by atomic mass is 16.5. The van der Waals surface area contributed by atoms with Crippen LogP contribution in [0.2, 0.25) is 0 Å². The third-order valence-corrected chi connectivity index (χ3v) is 3.16. The molecule has 0 amide bonds. The van der Waals surface area contributed by atoms with Crippen molar-refractivity contribution in [2.24, 2.45) is 0 Å². The van der Waals surface area contributed by atoms with E-state index in [4.69, 9.17) is 4.74 Å². The molecule has 0 aromatic heterocycles. The van der Waals surface area contributed by atoms with Gasteiger partial charge in [0.2, 0.25) is 0 Å². The highest BCUT2D eigenvalue weighted by Crippen LogP contribution is 2.07. The first-order chi connectivity index (χ1) is 10.2. The van der Waals surface area contributed by atoms with E-state index in [1.54, 1.807) is 6.08 Å². The molecule has 0 saturated heterocycles. The predicted molar refractivity (Wildman–Crippen MR) is 84.9 cm³/mol. The maximum absolute atomic E-state index is 11.7. The van der Waals surface area contributed by atoms with Crippen LogP contribution in [0.1, 0.15) is 51.9 Å². The molecule has 0 heterocycles. The molecule has 0 aliphatic carbocycles. The summed E-state index contributed by atoms with van der Waals surface area (Å²) in [6.07, 6.45) is 9.04. The van der Waals surface area contributed by atoms with Crippen LogP contribution in [0.5, 0.6) is 0 Å². The van der Waals surface area contributed by atoms with Crippen molar-refractivity contribution in [2.75, 3.05) is 27.7 Å². The number of carboxylic acid groups (broad SMARTS) is 1. The molecule has 0 rings (SSSR count). The van der Waals surface area contributed by atoms with Gasteiger partial charge in [0.05, 0.1) is 21.1 Å². The summed E-state index contributed by atoms with van der Waals surface area (Å²) >= 11 is 0. The zero-order chi connectivity index (χ0) is 17.0. The van der Waals surface area contributed by atoms with Gasteiger partial charge in [-0.3, -0.25) is 0 Å². The molecular weight excluding hydrogens is 282 g/mol. The Hall–Kier alpha value is -1.36. The van der Waals surface area contributed by atoms with Gasteiger partial charge in [0.1, 0.15) is 6.54 Å². The van der Waals surface area contributed by atoms with Gasteiger partial charge in [0, 0.05) is 18.5 Å². The predicted octanol–water partition coefficient (Wildman–Crippen LogP) is 1.66. The van der Waals surface area contributed by atoms with Crippen molar-refractivity contribution in [3.63, 3.8) is 0 Å². The number of ether oxygens (including phenoxy) is 1. The molecular formula is C17H31NO4. The number of rotatable bonds is 12. The molecule has 0 N–H and O–H groups in total. The number of hydrogen-bond donors (Lipinski definition) is 0. The number of nitrogens with zero attached hydrogens (tertiary/aromatic N) is 1. The molecule has 1 unspecified atom stereocenters. The maximum Gasteiger partial charge on any atom is 0.330 e. The molecule has 0 radical (unpaired) electrons. The van der Waals surface area contributed by atoms with Gasteiger partial charge >= 0.3 is 5.97 Å². The SMILES string of the molecule is CCCCCCC/C=C/C(=O)OC(CC(=O)[O-])C[N+](C)(C)C. The van der Waals surface area contributed by atoms with Gasteiger partial charge in [-0.05, 0) is 12.8 Å². The second-order valence-electron chi connectivity index (χ2n) is 6.71. The molecule has 5 nitrogen and oxygen atoms in total. The lowest BCUT2D eigenvalue weighted by Crippen LogP contribution is -2.45. The van der Waals surface area contributed by atoms with Crippen LogP contribution >= 0.6 is 0 Å². The van der Waals surface area contributed by atoms with Crippen molar-refractivity contribution in [3.05, 3.63) is 12.2 Å². The lowest BCUT2D eigenvalue weighted by molar-refractivity contribution is -0.873. The first-order valence-electron chi connectivity index (χ1n) is 8.12. The number of unbranched alkanes of at least 4 members (excludes halogenated alkanes) is 5. The Bertz CT molecular complexity index is 358. The molecule has 0 saturated carbocycles. The van der Waals surface area contributed by atoms with Crippen molar-refractivity contribution in [1.29, 1.82) is 0 Å². The highest BCUT2D eigenvalue weighted by Gasteiger charge is 2.21. The fourth-order valence-electron chi connectivity index (χ4n) is 2.19. The number of esters is 1. The Labute approximate surface area is 134 Å². The summed E-state index contributed by atoms with van der Waals surface area (Å²) in [6.45, 7) is 2.61. The van der Waals surface area contributed by atoms with Crippen molar-refractivity contribution >= 4 is 11.9 Å². The van der Waals surface area contributed by atoms with Gasteiger partial charge < -0.3 is 19.1 Å². The van der Waals surface area contributed by atoms with Crippen molar-refractivity contribution < 1.29 is 23.9 Å². The zero-order valence-electron chi connectivity index (χ0n) is 14.5. The van der Waals surface area contributed by atoms with Crippen molar-refractivity contribution in [2.45, 2.75) is 58.0 Å². The van der Waals surface area contributed by atoms with E-state index in [2.05, 4.69) is 6.92 Å². The summed E-state index contributed by atoms with van der Waals surface area (Å²) in [5.74, 6) is -1.68. The summed E-state index contributed by atoms with van der Waals surface area (Å²) in [5, 5.41) is 10.7. The van der Waals surface area contributed by atoms with Crippen LogP contribution in [0.3, 0.4) is 0 Å². The van der Waals surface area contributed by atoms with Crippen LogP contribution in [0, 0.1) is 0 Å². The number of carbonyl (C=O) groups excluding carboxylic acids is 2. The molecule has 0 aromatic carbocycles. The first-order valence-corrected chi connectivity index (χ1v) is 8.12. The third-order valence-electron chi connectivity index (χ3n) is 3.16. The second kappa shape index (κ2) is 11.2. The topological polar surface area (TPSA) is 66.4 Å². The Morgan fingerprint density at radius 1 is 1.14 bits per heavy atom. The fraction of sp³-hybridized carbons (Fsp3) is 0.765. The van der Waals surface area contributed by atoms with Crippen molar-refractivity contribution in [3.8, 4) is 0 Å². The number of hydrogen-bond acceptors (Lipinski definition) is 4. The minimum Gasteiger partial charge on any atom is -0.550 e. The number of allylic oxidation sites excluding steroid dienone is 1. The number of likely N-dealkylation sites (N-methyl/N-ethyl adjacent to an activating group) is 1. The highest BCUT2D eigenvalue weighted by molar-refractivity contribution is 5.82. The normalized spacial score (nSPS) is 13.3. The molecule has 5 heteroatoms. The lowest BCUT2D eigenvalue weighted by atomic mass is 10.1. The Morgan fingerprint density at radius 2 is 1.77 bits per heavy atom. The van der Waals surface area contributed by atoms with Crippen LogP contribution in [-0.2, 0) is 14.3 Å². The van der Waals surface area contributed by atoms with Crippen LogP contribution in [-0.4, -0.2) is 50.2 Å². The van der Waals surface area contributed by atoms with E-state index in [0.717, 1.165) is 12.8 Å². The second-order valence-corrected chi connectivity index (χ2v) is 6.71. The van der Waals surface area contributed by atoms with Gasteiger partial charge in [0.25, 0.3) is 0 Å². The van der Waals surface area contributed by atoms with E-state index >= 15 is 0 Å². The Morgan fingerprint density at radius 3 is 2.32 bits per heavy atom. The number of quaternary nitrogens is 1. The molecule has 22 heavy (non-hydrogen) atoms. The third kappa shape index (κ3) is 13.6. The van der Waals surface area contributed by atoms with Gasteiger partial charge in [-0.15, -0.1) is 0 Å². The summed E-state index contributed by atoms with van der Waals surface area (Å²) in [4.78, 5) is 22.5. The smallest absolute Gasteiger partial charge is 0.330 e. The quantitative estimate of drug-likeness (QED) is 0.238. The van der Waals surface area contributed by atoms with Gasteiger partial charge in [0.15, 0.2) is 6.10 Å². The van der Waals surface area contributed by atoms with Gasteiger partial charge in [-0.2, -0.15) is 0 Å². The molecule has 0 fully saturated rings. The van der Waals surface area contributed by atoms with E-state index in [9.17, 15) is 14.7 Å². The Kier molecular flexibility index (Phi) is 10.5. The molecule has 1 atom stereocenters. The monoisotopic (exact) mass is 313 g/mol. The molecule has 0 aliphatic rings. The summed E-state index contributed by atoms with van der Waals surface area (Å²) in [5.41, 5.74) is 0. The van der Waals surface area contributed by atoms with Gasteiger partial charge in [-0.25, -0.2) is 4.79 Å². The summed E-state index contributed by atoms with van der Waals surface area (Å²) in [6, 6.07) is 0. The van der Waals surface area contributed by atoms with Crippen molar-refractivity contribution in [1.82, 2.24) is 0 Å². The van der Waals surface area contributed by atoms with Crippen LogP contribution in [0.25, 0.3) is 0 Å². The average Bonchev–Trinajstić information content (AvgIpc) is 2.34. The maximum atomic E-state index is 11.7. The van der Waals surface area contributed by atoms with Gasteiger partial charge in [-0.1, -0.05) is 38.7 Å². The van der Waals surface area contributed by atoms with Crippen LogP contribution in [0.15, 0.2) is 12.2 Å². The van der Waals surface area contributed by atoms with E-state index in [1.165, 1.54) is 31.8 Å². The van der Waals surface area contributed by atoms with E-state index < -0.39 is 18.0 Å². The minimum absolute atomic E-state index is 0.272. The number of carboxylic acids is 1. The number of carbonyl (C=O) groups is 2. The minimum atomic E-state index is -1.20. The molecule has 0 aromatic rings. The lowest BCUT2D eigenvalue weighted by Gasteiger charge is -2.29. The zero-order valence-corrected chi connectivity index (χ0v) is 14.5. The van der Waals surface area contributed by atoms with Crippen LogP contribution < -0.4 is 5.11 Å². The molecule has 0 spiro atoms. The molecule has 128 valence electrons. The van der Waals surface area contributed by atoms with Crippen LogP contribution in [0.4, 0.5) is 0 Å². The molecule has 0 aliphatic heterocycles. The standard InChI is InChI=1S/C17H31NO4/c1-5-6-7-8-9-10-11-12-17(21)22-15(13-16(19)20)14-18(2,3)4/h11-12,15H,5-10,13-14H2,1-4H3/b12-11+. The fourth-order valence-corrected chi connectivity index (χ4v) is 2.19. The largest absolute Gasteiger partial charge is 0.550 e. The van der Waals surface area contributed by atoms with E-state index in [0.29, 0.717) is 11.0 Å². The Balaban J connectivity index is 4.13. The van der Waals surface area contributed by atoms with E-state index in [1.807, 2.05) is 21.1 Å². The summed E-state index contributed by atoms with van der Waals surface area (Å²) < 4.78 is 5.74. The first kappa shape index (κ1) is 20.6. The summed E-state index contributed by atoms with van der Waals surface area (Å²) in [7, 11) is 5.76. The molecule has 0 bridgehead atoms. The van der Waals surface area contributed by atoms with E-state index in [-0.39, 0.29) is 6.42 Å². The number of aliphatic carboxylic acids is 1. The average molecular weight is 313 g/mol.